The van der Waals surface area contributed by atoms with Crippen molar-refractivity contribution in [3.05, 3.63) is 15.5 Å². The molecule has 0 spiro atoms. The Morgan fingerprint density at radius 1 is 1.61 bits per heavy atom. The van der Waals surface area contributed by atoms with Crippen molar-refractivity contribution in [3.63, 3.8) is 0 Å². The summed E-state index contributed by atoms with van der Waals surface area (Å²) in [6.07, 6.45) is -2.15. The van der Waals surface area contributed by atoms with Crippen LogP contribution in [0.2, 0.25) is 4.34 Å². The number of hydrogen-bond acceptors (Lipinski definition) is 4. The summed E-state index contributed by atoms with van der Waals surface area (Å²) in [4.78, 5) is 13.1. The van der Waals surface area contributed by atoms with Gasteiger partial charge in [0.15, 0.2) is 0 Å². The molecule has 2 N–H and O–H groups in total. The molecule has 4 nitrogen and oxygen atoms in total. The lowest BCUT2D eigenvalue weighted by atomic mass is 10.1. The SMILES string of the molecule is Clc1cnc(C2CCNC2)s1.O=C(O)C(F)(F)F. The number of halogens is 4. The van der Waals surface area contributed by atoms with Crippen LogP contribution in [0.5, 0.6) is 0 Å². The molecule has 2 rings (SSSR count). The van der Waals surface area contributed by atoms with Crippen LogP contribution in [0.25, 0.3) is 0 Å². The summed E-state index contributed by atoms with van der Waals surface area (Å²) in [5.41, 5.74) is 0. The molecule has 102 valence electrons. The minimum absolute atomic E-state index is 0.604. The van der Waals surface area contributed by atoms with Gasteiger partial charge in [0.1, 0.15) is 4.34 Å². The zero-order chi connectivity index (χ0) is 13.8. The van der Waals surface area contributed by atoms with Crippen LogP contribution in [0.3, 0.4) is 0 Å². The number of rotatable bonds is 1. The van der Waals surface area contributed by atoms with Crippen molar-refractivity contribution in [1.82, 2.24) is 10.3 Å². The zero-order valence-corrected chi connectivity index (χ0v) is 10.6. The van der Waals surface area contributed by atoms with Crippen molar-refractivity contribution in [3.8, 4) is 0 Å². The van der Waals surface area contributed by atoms with Gasteiger partial charge in [-0.1, -0.05) is 11.6 Å². The Kier molecular flexibility index (Phi) is 5.36. The van der Waals surface area contributed by atoms with Gasteiger partial charge in [0.05, 0.1) is 11.2 Å². The minimum atomic E-state index is -5.08. The van der Waals surface area contributed by atoms with Gasteiger partial charge in [0, 0.05) is 12.5 Å². The number of carboxylic acids is 1. The lowest BCUT2D eigenvalue weighted by Crippen LogP contribution is -2.21. The fourth-order valence-corrected chi connectivity index (χ4v) is 2.39. The van der Waals surface area contributed by atoms with Gasteiger partial charge in [0.25, 0.3) is 0 Å². The number of nitrogens with zero attached hydrogens (tertiary/aromatic N) is 1. The molecule has 0 bridgehead atoms. The molecule has 2 heterocycles. The maximum Gasteiger partial charge on any atom is 0.490 e. The van der Waals surface area contributed by atoms with Crippen molar-refractivity contribution >= 4 is 28.9 Å². The molecule has 0 aliphatic carbocycles. The zero-order valence-electron chi connectivity index (χ0n) is 9.00. The summed E-state index contributed by atoms with van der Waals surface area (Å²) in [6, 6.07) is 0. The second kappa shape index (κ2) is 6.35. The van der Waals surface area contributed by atoms with Crippen LogP contribution in [-0.2, 0) is 4.79 Å². The molecule has 1 aromatic heterocycles. The Balaban J connectivity index is 0.000000203. The Bertz CT molecular complexity index is 405. The molecule has 1 atom stereocenters. The van der Waals surface area contributed by atoms with E-state index in [1.165, 1.54) is 11.4 Å². The molecule has 1 fully saturated rings. The highest BCUT2D eigenvalue weighted by Gasteiger charge is 2.38. The Morgan fingerprint density at radius 2 is 2.22 bits per heavy atom. The van der Waals surface area contributed by atoms with Crippen LogP contribution in [-0.4, -0.2) is 35.3 Å². The highest BCUT2D eigenvalue weighted by atomic mass is 35.5. The summed E-state index contributed by atoms with van der Waals surface area (Å²) >= 11 is 7.37. The fourth-order valence-electron chi connectivity index (χ4n) is 1.32. The van der Waals surface area contributed by atoms with Crippen molar-refractivity contribution < 1.29 is 23.1 Å². The first-order valence-corrected chi connectivity index (χ1v) is 6.12. The van der Waals surface area contributed by atoms with Gasteiger partial charge in [-0.2, -0.15) is 13.2 Å². The third-order valence-corrected chi connectivity index (χ3v) is 3.42. The lowest BCUT2D eigenvalue weighted by molar-refractivity contribution is -0.192. The number of hydrogen-bond donors (Lipinski definition) is 2. The number of aromatic nitrogens is 1. The predicted octanol–water partition coefficient (Wildman–Crippen LogP) is 2.51. The predicted molar refractivity (Wildman–Crippen MR) is 61.0 cm³/mol. The van der Waals surface area contributed by atoms with Crippen molar-refractivity contribution in [2.45, 2.75) is 18.5 Å². The molecular formula is C9H10ClF3N2O2S. The fraction of sp³-hybridized carbons (Fsp3) is 0.556. The molecular weight excluding hydrogens is 293 g/mol. The van der Waals surface area contributed by atoms with E-state index in [0.717, 1.165) is 17.4 Å². The molecule has 1 aliphatic rings. The average molecular weight is 303 g/mol. The molecule has 1 aromatic rings. The number of carboxylic acid groups (broad SMARTS) is 1. The maximum atomic E-state index is 10.6. The summed E-state index contributed by atoms with van der Waals surface area (Å²) in [6.45, 7) is 2.17. The first-order chi connectivity index (χ1) is 8.30. The molecule has 0 amide bonds. The van der Waals surface area contributed by atoms with Crippen molar-refractivity contribution in [2.75, 3.05) is 13.1 Å². The maximum absolute atomic E-state index is 10.6. The van der Waals surface area contributed by atoms with E-state index in [-0.39, 0.29) is 0 Å². The summed E-state index contributed by atoms with van der Waals surface area (Å²) in [5, 5.41) is 11.6. The quantitative estimate of drug-likeness (QED) is 0.837. The van der Waals surface area contributed by atoms with Gasteiger partial charge < -0.3 is 10.4 Å². The van der Waals surface area contributed by atoms with Gasteiger partial charge in [-0.15, -0.1) is 11.3 Å². The van der Waals surface area contributed by atoms with E-state index >= 15 is 0 Å². The Labute approximate surface area is 110 Å². The van der Waals surface area contributed by atoms with Gasteiger partial charge in [-0.25, -0.2) is 9.78 Å². The molecule has 0 saturated carbocycles. The Hall–Kier alpha value is -0.860. The molecule has 18 heavy (non-hydrogen) atoms. The second-order valence-electron chi connectivity index (χ2n) is 3.50. The number of nitrogens with one attached hydrogen (secondary N) is 1. The van der Waals surface area contributed by atoms with E-state index in [1.807, 2.05) is 0 Å². The minimum Gasteiger partial charge on any atom is -0.475 e. The van der Waals surface area contributed by atoms with Gasteiger partial charge >= 0.3 is 12.1 Å². The average Bonchev–Trinajstić information content (AvgIpc) is 2.86. The number of aliphatic carboxylic acids is 1. The topological polar surface area (TPSA) is 62.2 Å². The summed E-state index contributed by atoms with van der Waals surface area (Å²) < 4.78 is 32.5. The molecule has 1 unspecified atom stereocenters. The van der Waals surface area contributed by atoms with Crippen LogP contribution >= 0.6 is 22.9 Å². The summed E-state index contributed by atoms with van der Waals surface area (Å²) in [7, 11) is 0. The number of alkyl halides is 3. The highest BCUT2D eigenvalue weighted by Crippen LogP contribution is 2.28. The number of carbonyl (C=O) groups is 1. The van der Waals surface area contributed by atoms with Gasteiger partial charge in [-0.3, -0.25) is 0 Å². The van der Waals surface area contributed by atoms with Gasteiger partial charge in [0.2, 0.25) is 0 Å². The molecule has 0 radical (unpaired) electrons. The van der Waals surface area contributed by atoms with Crippen molar-refractivity contribution in [2.24, 2.45) is 0 Å². The molecule has 1 aliphatic heterocycles. The summed E-state index contributed by atoms with van der Waals surface area (Å²) in [5.74, 6) is -2.15. The van der Waals surface area contributed by atoms with Gasteiger partial charge in [-0.05, 0) is 13.0 Å². The normalized spacial score (nSPS) is 19.2. The largest absolute Gasteiger partial charge is 0.490 e. The lowest BCUT2D eigenvalue weighted by Gasteiger charge is -2.00. The van der Waals surface area contributed by atoms with E-state index in [2.05, 4.69) is 10.3 Å². The first-order valence-electron chi connectivity index (χ1n) is 4.92. The van der Waals surface area contributed by atoms with E-state index in [0.29, 0.717) is 5.92 Å². The number of thiazole rings is 1. The third-order valence-electron chi connectivity index (χ3n) is 2.15. The monoisotopic (exact) mass is 302 g/mol. The van der Waals surface area contributed by atoms with E-state index < -0.39 is 12.1 Å². The van der Waals surface area contributed by atoms with E-state index in [1.54, 1.807) is 17.5 Å². The van der Waals surface area contributed by atoms with Crippen LogP contribution in [0.4, 0.5) is 13.2 Å². The first kappa shape index (κ1) is 15.2. The van der Waals surface area contributed by atoms with Crippen LogP contribution in [0.1, 0.15) is 17.3 Å². The smallest absolute Gasteiger partial charge is 0.475 e. The van der Waals surface area contributed by atoms with Crippen LogP contribution < -0.4 is 5.32 Å². The Morgan fingerprint density at radius 3 is 2.56 bits per heavy atom. The standard InChI is InChI=1S/C7H9ClN2S.C2HF3O2/c8-6-4-10-7(11-6)5-1-2-9-3-5;3-2(4,5)1(6)7/h4-5,9H,1-3H2;(H,6,7). The molecule has 9 heteroatoms. The molecule has 1 saturated heterocycles. The van der Waals surface area contributed by atoms with Crippen molar-refractivity contribution in [1.29, 1.82) is 0 Å². The van der Waals surface area contributed by atoms with E-state index in [4.69, 9.17) is 21.5 Å². The highest BCUT2D eigenvalue weighted by molar-refractivity contribution is 7.15. The molecule has 0 aromatic carbocycles. The van der Waals surface area contributed by atoms with Crippen LogP contribution in [0.15, 0.2) is 6.20 Å². The van der Waals surface area contributed by atoms with Crippen LogP contribution in [0, 0.1) is 0 Å². The second-order valence-corrected chi connectivity index (χ2v) is 5.19. The third kappa shape index (κ3) is 4.79. The van der Waals surface area contributed by atoms with E-state index in [9.17, 15) is 13.2 Å².